The third-order valence-corrected chi connectivity index (χ3v) is 6.26. The quantitative estimate of drug-likeness (QED) is 0.300. The van der Waals surface area contributed by atoms with Gasteiger partial charge in [0.05, 0.1) is 10.2 Å². The van der Waals surface area contributed by atoms with E-state index in [9.17, 15) is 4.79 Å². The van der Waals surface area contributed by atoms with Crippen molar-refractivity contribution in [2.45, 2.75) is 20.5 Å². The first-order chi connectivity index (χ1) is 16.0. The lowest BCUT2D eigenvalue weighted by atomic mass is 10.2. The summed E-state index contributed by atoms with van der Waals surface area (Å²) < 4.78 is 12.6. The van der Waals surface area contributed by atoms with Crippen LogP contribution in [0.4, 0.5) is 5.69 Å². The summed E-state index contributed by atoms with van der Waals surface area (Å²) in [6.45, 7) is 4.34. The summed E-state index contributed by atoms with van der Waals surface area (Å²) in [5.74, 6) is 1.28. The van der Waals surface area contributed by atoms with Crippen LogP contribution in [-0.4, -0.2) is 10.9 Å². The molecule has 0 radical (unpaired) electrons. The highest BCUT2D eigenvalue weighted by Gasteiger charge is 2.13. The Morgan fingerprint density at radius 3 is 2.61 bits per heavy atom. The Kier molecular flexibility index (Phi) is 5.67. The van der Waals surface area contributed by atoms with Gasteiger partial charge in [0.15, 0.2) is 5.76 Å². The van der Waals surface area contributed by atoms with Crippen molar-refractivity contribution in [3.8, 4) is 16.3 Å². The number of aryl methyl sites for hydroxylation is 2. The SMILES string of the molecule is Cc1cccc(OCc2ccc(C(=O)Nc3ccc(-c4nc5ccc(C)cc5s4)cc3)o2)c1. The van der Waals surface area contributed by atoms with E-state index < -0.39 is 0 Å². The minimum atomic E-state index is -0.306. The third kappa shape index (κ3) is 4.81. The maximum Gasteiger partial charge on any atom is 0.291 e. The fourth-order valence-electron chi connectivity index (χ4n) is 3.48. The fraction of sp³-hybridized carbons (Fsp3) is 0.111. The first kappa shape index (κ1) is 21.0. The van der Waals surface area contributed by atoms with E-state index in [-0.39, 0.29) is 18.3 Å². The van der Waals surface area contributed by atoms with Crippen LogP contribution in [0.5, 0.6) is 5.75 Å². The van der Waals surface area contributed by atoms with Crippen LogP contribution in [0, 0.1) is 13.8 Å². The normalized spacial score (nSPS) is 11.0. The Labute approximate surface area is 195 Å². The number of nitrogens with one attached hydrogen (secondary N) is 1. The summed E-state index contributed by atoms with van der Waals surface area (Å²) in [5, 5.41) is 3.83. The predicted molar refractivity (Wildman–Crippen MR) is 132 cm³/mol. The highest BCUT2D eigenvalue weighted by molar-refractivity contribution is 7.21. The minimum absolute atomic E-state index is 0.239. The molecule has 0 aliphatic rings. The van der Waals surface area contributed by atoms with Crippen LogP contribution in [0.2, 0.25) is 0 Å². The topological polar surface area (TPSA) is 64.4 Å². The van der Waals surface area contributed by atoms with E-state index in [0.717, 1.165) is 27.4 Å². The Morgan fingerprint density at radius 1 is 0.970 bits per heavy atom. The highest BCUT2D eigenvalue weighted by atomic mass is 32.1. The van der Waals surface area contributed by atoms with Crippen molar-refractivity contribution in [3.05, 3.63) is 102 Å². The molecule has 0 aliphatic carbocycles. The smallest absolute Gasteiger partial charge is 0.291 e. The van der Waals surface area contributed by atoms with Gasteiger partial charge in [-0.15, -0.1) is 11.3 Å². The van der Waals surface area contributed by atoms with Gasteiger partial charge in [0.25, 0.3) is 5.91 Å². The Balaban J connectivity index is 1.22. The van der Waals surface area contributed by atoms with E-state index in [1.165, 1.54) is 10.3 Å². The van der Waals surface area contributed by atoms with Gasteiger partial charge in [0, 0.05) is 11.3 Å². The van der Waals surface area contributed by atoms with Gasteiger partial charge in [-0.25, -0.2) is 4.98 Å². The van der Waals surface area contributed by atoms with Gasteiger partial charge in [0.1, 0.15) is 23.1 Å². The average molecular weight is 455 g/mol. The summed E-state index contributed by atoms with van der Waals surface area (Å²) in [4.78, 5) is 17.3. The number of aromatic nitrogens is 1. The molecular weight excluding hydrogens is 432 g/mol. The number of nitrogens with zero attached hydrogens (tertiary/aromatic N) is 1. The third-order valence-electron chi connectivity index (χ3n) is 5.19. The summed E-state index contributed by atoms with van der Waals surface area (Å²) in [5.41, 5.74) is 5.04. The molecule has 0 atom stereocenters. The molecule has 0 saturated heterocycles. The molecule has 5 nitrogen and oxygen atoms in total. The van der Waals surface area contributed by atoms with Crippen molar-refractivity contribution < 1.29 is 13.9 Å². The number of amides is 1. The maximum absolute atomic E-state index is 12.6. The van der Waals surface area contributed by atoms with Gasteiger partial charge < -0.3 is 14.5 Å². The van der Waals surface area contributed by atoms with Crippen LogP contribution in [0.3, 0.4) is 0 Å². The minimum Gasteiger partial charge on any atom is -0.486 e. The summed E-state index contributed by atoms with van der Waals surface area (Å²) in [7, 11) is 0. The summed E-state index contributed by atoms with van der Waals surface area (Å²) >= 11 is 1.66. The number of hydrogen-bond donors (Lipinski definition) is 1. The van der Waals surface area contributed by atoms with Gasteiger partial charge in [-0.3, -0.25) is 4.79 Å². The largest absolute Gasteiger partial charge is 0.486 e. The van der Waals surface area contributed by atoms with Crippen molar-refractivity contribution in [3.63, 3.8) is 0 Å². The fourth-order valence-corrected chi connectivity index (χ4v) is 4.55. The van der Waals surface area contributed by atoms with Gasteiger partial charge in [-0.2, -0.15) is 0 Å². The molecule has 6 heteroatoms. The number of carbonyl (C=O) groups excluding carboxylic acids is 1. The lowest BCUT2D eigenvalue weighted by molar-refractivity contribution is 0.0992. The molecule has 0 saturated carbocycles. The Bertz CT molecular complexity index is 1430. The van der Waals surface area contributed by atoms with Crippen molar-refractivity contribution in [2.75, 3.05) is 5.32 Å². The first-order valence-electron chi connectivity index (χ1n) is 10.6. The number of fused-ring (bicyclic) bond motifs is 1. The zero-order chi connectivity index (χ0) is 22.8. The van der Waals surface area contributed by atoms with Crippen molar-refractivity contribution >= 4 is 33.1 Å². The number of ether oxygens (including phenoxy) is 1. The van der Waals surface area contributed by atoms with E-state index >= 15 is 0 Å². The van der Waals surface area contributed by atoms with E-state index in [2.05, 4.69) is 24.4 Å². The van der Waals surface area contributed by atoms with E-state index in [1.807, 2.05) is 61.5 Å². The molecule has 33 heavy (non-hydrogen) atoms. The van der Waals surface area contributed by atoms with Crippen LogP contribution in [0.25, 0.3) is 20.8 Å². The van der Waals surface area contributed by atoms with Gasteiger partial charge in [0.2, 0.25) is 0 Å². The van der Waals surface area contributed by atoms with E-state index in [0.29, 0.717) is 11.4 Å². The maximum atomic E-state index is 12.6. The van der Waals surface area contributed by atoms with Gasteiger partial charge >= 0.3 is 0 Å². The van der Waals surface area contributed by atoms with E-state index in [4.69, 9.17) is 14.1 Å². The second kappa shape index (κ2) is 8.92. The number of thiazole rings is 1. The molecule has 2 aromatic heterocycles. The van der Waals surface area contributed by atoms with Crippen LogP contribution >= 0.6 is 11.3 Å². The number of carbonyl (C=O) groups is 1. The van der Waals surface area contributed by atoms with Crippen LogP contribution < -0.4 is 10.1 Å². The van der Waals surface area contributed by atoms with Crippen molar-refractivity contribution in [1.29, 1.82) is 0 Å². The van der Waals surface area contributed by atoms with Crippen LogP contribution in [0.15, 0.2) is 83.3 Å². The molecule has 0 spiro atoms. The van der Waals surface area contributed by atoms with E-state index in [1.54, 1.807) is 23.5 Å². The molecule has 0 bridgehead atoms. The summed E-state index contributed by atoms with van der Waals surface area (Å²) in [6, 6.07) is 25.1. The van der Waals surface area contributed by atoms with Crippen LogP contribution in [0.1, 0.15) is 27.4 Å². The van der Waals surface area contributed by atoms with Crippen molar-refractivity contribution in [2.24, 2.45) is 0 Å². The summed E-state index contributed by atoms with van der Waals surface area (Å²) in [6.07, 6.45) is 0. The highest BCUT2D eigenvalue weighted by Crippen LogP contribution is 2.31. The molecule has 5 aromatic rings. The zero-order valence-corrected chi connectivity index (χ0v) is 19.1. The first-order valence-corrected chi connectivity index (χ1v) is 11.4. The molecule has 5 rings (SSSR count). The molecule has 1 amide bonds. The monoisotopic (exact) mass is 454 g/mol. The molecule has 164 valence electrons. The standard InChI is InChI=1S/C27H22N2O3S/c1-17-4-3-5-21(14-17)31-16-22-11-13-24(32-22)26(30)28-20-9-7-19(8-10-20)27-29-23-12-6-18(2)15-25(23)33-27/h3-15H,16H2,1-2H3,(H,28,30). The number of benzene rings is 3. The lowest BCUT2D eigenvalue weighted by Gasteiger charge is -2.05. The van der Waals surface area contributed by atoms with Gasteiger partial charge in [-0.05, 0) is 85.6 Å². The Hall–Kier alpha value is -3.90. The number of hydrogen-bond acceptors (Lipinski definition) is 5. The number of rotatable bonds is 6. The average Bonchev–Trinajstić information content (AvgIpc) is 3.45. The van der Waals surface area contributed by atoms with Crippen molar-refractivity contribution in [1.82, 2.24) is 4.98 Å². The molecule has 0 fully saturated rings. The Morgan fingerprint density at radius 2 is 1.79 bits per heavy atom. The second-order valence-electron chi connectivity index (χ2n) is 7.89. The lowest BCUT2D eigenvalue weighted by Crippen LogP contribution is -2.10. The molecule has 0 aliphatic heterocycles. The molecule has 0 unspecified atom stereocenters. The molecule has 3 aromatic carbocycles. The number of anilines is 1. The molecular formula is C27H22N2O3S. The second-order valence-corrected chi connectivity index (χ2v) is 8.92. The van der Waals surface area contributed by atoms with Gasteiger partial charge in [-0.1, -0.05) is 18.2 Å². The molecule has 2 heterocycles. The zero-order valence-electron chi connectivity index (χ0n) is 18.3. The van der Waals surface area contributed by atoms with Crippen LogP contribution in [-0.2, 0) is 6.61 Å². The predicted octanol–water partition coefficient (Wildman–Crippen LogP) is 7.00. The number of furan rings is 1. The molecule has 1 N–H and O–H groups in total.